The number of hydrogen-bond donors (Lipinski definition) is 5. The number of furan rings is 1. The van der Waals surface area contributed by atoms with Gasteiger partial charge >= 0.3 is 11.9 Å². The number of allylic oxidation sites excluding steroid dienone is 3. The zero-order valence-corrected chi connectivity index (χ0v) is 21.2. The van der Waals surface area contributed by atoms with Crippen LogP contribution in [-0.4, -0.2) is 70.7 Å². The van der Waals surface area contributed by atoms with Crippen LogP contribution in [0, 0.1) is 5.82 Å². The van der Waals surface area contributed by atoms with Crippen molar-refractivity contribution in [3.05, 3.63) is 89.6 Å². The SMILES string of the molecule is CN(C)c1ccc2c(c1)C1=CC(NC(=O)c3coc4ccc(F)cc34)=CC=CC1O2.O=C(O)C(O)C(O)C(=O)O. The highest BCUT2D eigenvalue weighted by atomic mass is 19.1. The van der Waals surface area contributed by atoms with E-state index in [-0.39, 0.29) is 17.6 Å². The molecule has 0 saturated heterocycles. The molecule has 11 nitrogen and oxygen atoms in total. The highest BCUT2D eigenvalue weighted by Crippen LogP contribution is 2.41. The minimum Gasteiger partial charge on any atom is -0.481 e. The van der Waals surface area contributed by atoms with Crippen LogP contribution in [0.4, 0.5) is 10.1 Å². The Labute approximate surface area is 226 Å². The first-order valence-corrected chi connectivity index (χ1v) is 11.8. The average molecular weight is 553 g/mol. The number of carbonyl (C=O) groups is 3. The van der Waals surface area contributed by atoms with Gasteiger partial charge in [-0.15, -0.1) is 0 Å². The molecule has 0 saturated carbocycles. The number of carboxylic acids is 2. The summed E-state index contributed by atoms with van der Waals surface area (Å²) >= 11 is 0. The van der Waals surface area contributed by atoms with Gasteiger partial charge in [0.1, 0.15) is 29.5 Å². The lowest BCUT2D eigenvalue weighted by molar-refractivity contribution is -0.165. The number of rotatable bonds is 6. The monoisotopic (exact) mass is 552 g/mol. The smallest absolute Gasteiger partial charge is 0.335 e. The number of aliphatic hydroxyl groups is 2. The molecule has 0 spiro atoms. The highest BCUT2D eigenvalue weighted by Gasteiger charge is 2.30. The Morgan fingerprint density at radius 2 is 1.73 bits per heavy atom. The Morgan fingerprint density at radius 1 is 1.02 bits per heavy atom. The van der Waals surface area contributed by atoms with Gasteiger partial charge in [-0.3, -0.25) is 4.79 Å². The number of hydrogen-bond acceptors (Lipinski definition) is 8. The molecule has 208 valence electrons. The predicted octanol–water partition coefficient (Wildman–Crippen LogP) is 2.54. The summed E-state index contributed by atoms with van der Waals surface area (Å²) in [6.07, 6.45) is 4.13. The second kappa shape index (κ2) is 11.4. The number of benzene rings is 2. The van der Waals surface area contributed by atoms with Gasteiger partial charge in [0.05, 0.1) is 5.56 Å². The van der Waals surface area contributed by atoms with Crippen molar-refractivity contribution in [3.8, 4) is 5.75 Å². The van der Waals surface area contributed by atoms with Gasteiger partial charge in [0.2, 0.25) is 0 Å². The zero-order chi connectivity index (χ0) is 29.1. The van der Waals surface area contributed by atoms with E-state index in [9.17, 15) is 18.8 Å². The molecule has 0 fully saturated rings. The number of nitrogens with one attached hydrogen (secondary N) is 1. The summed E-state index contributed by atoms with van der Waals surface area (Å²) in [5, 5.41) is 35.9. The fourth-order valence-electron chi connectivity index (χ4n) is 3.98. The van der Waals surface area contributed by atoms with E-state index < -0.39 is 30.0 Å². The van der Waals surface area contributed by atoms with Gasteiger partial charge in [-0.05, 0) is 54.6 Å². The van der Waals surface area contributed by atoms with Crippen molar-refractivity contribution in [3.63, 3.8) is 0 Å². The molecule has 2 heterocycles. The Balaban J connectivity index is 0.000000318. The first kappa shape index (κ1) is 28.1. The number of anilines is 1. The van der Waals surface area contributed by atoms with Crippen LogP contribution in [0.3, 0.4) is 0 Å². The van der Waals surface area contributed by atoms with E-state index in [1.54, 1.807) is 0 Å². The minimum absolute atomic E-state index is 0.216. The molecule has 1 aromatic heterocycles. The number of fused-ring (bicyclic) bond motifs is 4. The van der Waals surface area contributed by atoms with Crippen LogP contribution in [0.25, 0.3) is 16.5 Å². The van der Waals surface area contributed by atoms with Crippen LogP contribution in [0.5, 0.6) is 5.75 Å². The topological polar surface area (TPSA) is 170 Å². The molecule has 1 amide bonds. The number of amides is 1. The van der Waals surface area contributed by atoms with Gasteiger partial charge in [-0.2, -0.15) is 0 Å². The van der Waals surface area contributed by atoms with E-state index in [0.717, 1.165) is 22.6 Å². The van der Waals surface area contributed by atoms with E-state index >= 15 is 0 Å². The van der Waals surface area contributed by atoms with Crippen molar-refractivity contribution in [2.45, 2.75) is 18.3 Å². The van der Waals surface area contributed by atoms with Gasteiger partial charge < -0.3 is 39.8 Å². The summed E-state index contributed by atoms with van der Waals surface area (Å²) in [5.74, 6) is -3.51. The Bertz CT molecular complexity index is 1550. The molecule has 12 heteroatoms. The molecule has 5 N–H and O–H groups in total. The molecule has 1 aliphatic carbocycles. The minimum atomic E-state index is -2.27. The van der Waals surface area contributed by atoms with Crippen molar-refractivity contribution >= 4 is 40.1 Å². The van der Waals surface area contributed by atoms with Gasteiger partial charge in [0.25, 0.3) is 5.91 Å². The van der Waals surface area contributed by atoms with Crippen LogP contribution in [0.2, 0.25) is 0 Å². The number of carboxylic acid groups (broad SMARTS) is 2. The fraction of sp³-hybridized carbons (Fsp3) is 0.179. The van der Waals surface area contributed by atoms with Crippen LogP contribution < -0.4 is 15.0 Å². The summed E-state index contributed by atoms with van der Waals surface area (Å²) in [4.78, 5) is 34.4. The summed E-state index contributed by atoms with van der Waals surface area (Å²) < 4.78 is 25.1. The normalized spacial score (nSPS) is 16.6. The van der Waals surface area contributed by atoms with E-state index in [1.165, 1.54) is 24.5 Å². The lowest BCUT2D eigenvalue weighted by atomic mass is 10.0. The highest BCUT2D eigenvalue weighted by molar-refractivity contribution is 6.06. The van der Waals surface area contributed by atoms with Crippen molar-refractivity contribution < 1.29 is 48.4 Å². The maximum atomic E-state index is 13.6. The zero-order valence-electron chi connectivity index (χ0n) is 21.2. The fourth-order valence-corrected chi connectivity index (χ4v) is 3.98. The molecule has 3 aromatic rings. The molecule has 2 aliphatic rings. The Kier molecular flexibility index (Phi) is 8.03. The number of halogens is 1. The molecule has 0 bridgehead atoms. The quantitative estimate of drug-likeness (QED) is 0.306. The second-order valence-electron chi connectivity index (χ2n) is 9.03. The van der Waals surface area contributed by atoms with E-state index in [0.29, 0.717) is 16.7 Å². The predicted molar refractivity (Wildman–Crippen MR) is 141 cm³/mol. The van der Waals surface area contributed by atoms with Crippen molar-refractivity contribution in [2.75, 3.05) is 19.0 Å². The van der Waals surface area contributed by atoms with Crippen molar-refractivity contribution in [1.29, 1.82) is 0 Å². The maximum Gasteiger partial charge on any atom is 0.335 e. The van der Waals surface area contributed by atoms with Gasteiger partial charge in [0.15, 0.2) is 12.2 Å². The number of aliphatic hydroxyl groups excluding tert-OH is 2. The lowest BCUT2D eigenvalue weighted by Gasteiger charge is -2.13. The molecule has 2 aromatic carbocycles. The number of nitrogens with zero attached hydrogens (tertiary/aromatic N) is 1. The molecule has 40 heavy (non-hydrogen) atoms. The number of carbonyl (C=O) groups excluding carboxylic acids is 1. The molecule has 5 rings (SSSR count). The maximum absolute atomic E-state index is 13.6. The third kappa shape index (κ3) is 5.87. The van der Waals surface area contributed by atoms with Crippen LogP contribution in [0.15, 0.2) is 77.1 Å². The molecule has 0 radical (unpaired) electrons. The summed E-state index contributed by atoms with van der Waals surface area (Å²) in [5.41, 5.74) is 4.39. The van der Waals surface area contributed by atoms with Gasteiger partial charge in [-0.25, -0.2) is 14.0 Å². The average Bonchev–Trinajstić information content (AvgIpc) is 3.42. The standard InChI is InChI=1S/C24H19FN2O3.C4H6O6/c1-27(2)16-7-9-23-19(12-16)18-11-15(4-3-5-22(18)30-23)26-24(28)20-13-29-21-8-6-14(25)10-17(20)21;5-1(3(7)8)2(6)4(9)10/h3-13,22H,1-2H3,(H,26,28);1-2,5-6H,(H,7,8)(H,9,10). The van der Waals surface area contributed by atoms with Gasteiger partial charge in [0, 0.05) is 42.0 Å². The Morgan fingerprint density at radius 3 is 2.38 bits per heavy atom. The third-order valence-electron chi connectivity index (χ3n) is 6.07. The lowest BCUT2D eigenvalue weighted by Crippen LogP contribution is -2.39. The number of aliphatic carboxylic acids is 2. The van der Waals surface area contributed by atoms with E-state index in [1.807, 2.05) is 55.4 Å². The first-order chi connectivity index (χ1) is 19.0. The number of ether oxygens (including phenoxy) is 1. The summed E-state index contributed by atoms with van der Waals surface area (Å²) in [6, 6.07) is 10.2. The molecular formula is C28H25FN2O9. The van der Waals surface area contributed by atoms with E-state index in [2.05, 4.69) is 11.4 Å². The molecule has 3 unspecified atom stereocenters. The Hall–Kier alpha value is -4.94. The van der Waals surface area contributed by atoms with Crippen LogP contribution >= 0.6 is 0 Å². The van der Waals surface area contributed by atoms with Crippen LogP contribution in [0.1, 0.15) is 15.9 Å². The first-order valence-electron chi connectivity index (χ1n) is 11.8. The molecule has 3 atom stereocenters. The third-order valence-corrected chi connectivity index (χ3v) is 6.07. The van der Waals surface area contributed by atoms with Crippen molar-refractivity contribution in [1.82, 2.24) is 5.32 Å². The van der Waals surface area contributed by atoms with Crippen molar-refractivity contribution in [2.24, 2.45) is 0 Å². The van der Waals surface area contributed by atoms with Crippen LogP contribution in [-0.2, 0) is 9.59 Å². The second-order valence-corrected chi connectivity index (χ2v) is 9.03. The van der Waals surface area contributed by atoms with E-state index in [4.69, 9.17) is 29.6 Å². The molecular weight excluding hydrogens is 527 g/mol. The summed E-state index contributed by atoms with van der Waals surface area (Å²) in [7, 11) is 3.97. The largest absolute Gasteiger partial charge is 0.481 e. The van der Waals surface area contributed by atoms with Gasteiger partial charge in [-0.1, -0.05) is 6.08 Å². The molecule has 1 aliphatic heterocycles. The summed E-state index contributed by atoms with van der Waals surface area (Å²) in [6.45, 7) is 0.